The van der Waals surface area contributed by atoms with Crippen LogP contribution in [0.15, 0.2) is 54.6 Å². The van der Waals surface area contributed by atoms with Gasteiger partial charge in [-0.25, -0.2) is 0 Å². The van der Waals surface area contributed by atoms with Crippen molar-refractivity contribution >= 4 is 46.4 Å². The van der Waals surface area contributed by atoms with E-state index in [1.165, 1.54) is 0 Å². The number of halogens is 3. The molecule has 0 saturated carbocycles. The van der Waals surface area contributed by atoms with Crippen molar-refractivity contribution < 1.29 is 4.79 Å². The van der Waals surface area contributed by atoms with E-state index in [1.807, 2.05) is 43.3 Å². The highest BCUT2D eigenvalue weighted by Crippen LogP contribution is 2.31. The van der Waals surface area contributed by atoms with Gasteiger partial charge in [-0.3, -0.25) is 4.79 Å². The molecule has 6 heteroatoms. The topological polar surface area (TPSA) is 41.1 Å². The SMILES string of the molecule is Cc1cccc(C(=O)N[C@H](Nc2ccccc2)C(Cl)(Cl)Cl)c1. The fourth-order valence-corrected chi connectivity index (χ4v) is 2.23. The lowest BCUT2D eigenvalue weighted by Gasteiger charge is -2.27. The van der Waals surface area contributed by atoms with E-state index in [4.69, 9.17) is 34.8 Å². The van der Waals surface area contributed by atoms with E-state index >= 15 is 0 Å². The number of hydrogen-bond donors (Lipinski definition) is 2. The zero-order chi connectivity index (χ0) is 16.2. The number of carbonyl (C=O) groups excluding carboxylic acids is 1. The maximum Gasteiger partial charge on any atom is 0.252 e. The quantitative estimate of drug-likeness (QED) is 0.623. The van der Waals surface area contributed by atoms with Crippen LogP contribution in [0.25, 0.3) is 0 Å². The Kier molecular flexibility index (Phi) is 5.57. The summed E-state index contributed by atoms with van der Waals surface area (Å²) in [5.41, 5.74) is 2.23. The lowest BCUT2D eigenvalue weighted by atomic mass is 10.1. The predicted octanol–water partition coefficient (Wildman–Crippen LogP) is 4.53. The maximum atomic E-state index is 12.3. The molecule has 2 aromatic carbocycles. The third-order valence-electron chi connectivity index (χ3n) is 2.97. The first-order valence-corrected chi connectivity index (χ1v) is 7.75. The van der Waals surface area contributed by atoms with Crippen molar-refractivity contribution in [2.45, 2.75) is 16.9 Å². The average molecular weight is 358 g/mol. The van der Waals surface area contributed by atoms with Gasteiger partial charge in [0.15, 0.2) is 0 Å². The van der Waals surface area contributed by atoms with Crippen LogP contribution in [0, 0.1) is 6.92 Å². The molecule has 0 spiro atoms. The summed E-state index contributed by atoms with van der Waals surface area (Å²) in [6, 6.07) is 16.4. The first-order chi connectivity index (χ1) is 10.4. The van der Waals surface area contributed by atoms with Gasteiger partial charge in [0.2, 0.25) is 3.79 Å². The number of alkyl halides is 3. The Bertz CT molecular complexity index is 641. The van der Waals surface area contributed by atoms with Gasteiger partial charge in [0.1, 0.15) is 6.17 Å². The number of para-hydroxylation sites is 1. The second kappa shape index (κ2) is 7.23. The number of rotatable bonds is 4. The fraction of sp³-hybridized carbons (Fsp3) is 0.188. The highest BCUT2D eigenvalue weighted by molar-refractivity contribution is 6.68. The zero-order valence-corrected chi connectivity index (χ0v) is 14.1. The fourth-order valence-electron chi connectivity index (χ4n) is 1.90. The van der Waals surface area contributed by atoms with Gasteiger partial charge >= 0.3 is 0 Å². The number of nitrogens with one attached hydrogen (secondary N) is 2. The maximum absolute atomic E-state index is 12.3. The second-order valence-electron chi connectivity index (χ2n) is 4.83. The van der Waals surface area contributed by atoms with Gasteiger partial charge < -0.3 is 10.6 Å². The molecule has 0 aliphatic rings. The van der Waals surface area contributed by atoms with Gasteiger partial charge in [0, 0.05) is 11.3 Å². The molecule has 116 valence electrons. The molecule has 1 atom stereocenters. The van der Waals surface area contributed by atoms with Gasteiger partial charge in [0.25, 0.3) is 5.91 Å². The molecular formula is C16H15Cl3N2O. The summed E-state index contributed by atoms with van der Waals surface area (Å²) >= 11 is 17.9. The molecule has 1 amide bonds. The van der Waals surface area contributed by atoms with E-state index in [0.29, 0.717) is 5.56 Å². The molecule has 0 aromatic heterocycles. The molecule has 2 aromatic rings. The van der Waals surface area contributed by atoms with E-state index in [0.717, 1.165) is 11.3 Å². The Labute approximate surface area is 144 Å². The molecule has 2 N–H and O–H groups in total. The number of benzene rings is 2. The summed E-state index contributed by atoms with van der Waals surface area (Å²) in [6.45, 7) is 1.91. The molecule has 3 nitrogen and oxygen atoms in total. The molecule has 0 aliphatic heterocycles. The Morgan fingerprint density at radius 1 is 1.05 bits per heavy atom. The van der Waals surface area contributed by atoms with Crippen molar-refractivity contribution in [1.82, 2.24) is 5.32 Å². The lowest BCUT2D eigenvalue weighted by molar-refractivity contribution is 0.0942. The standard InChI is InChI=1S/C16H15Cl3N2O/c1-11-6-5-7-12(10-11)14(22)21-15(16(17,18)19)20-13-8-3-2-4-9-13/h2-10,15,20H,1H3,(H,21,22)/t15-/m0/s1. The van der Waals surface area contributed by atoms with Crippen molar-refractivity contribution in [3.63, 3.8) is 0 Å². The summed E-state index contributed by atoms with van der Waals surface area (Å²) in [6.07, 6.45) is -0.868. The molecule has 0 radical (unpaired) electrons. The predicted molar refractivity (Wildman–Crippen MR) is 92.8 cm³/mol. The normalized spacial score (nSPS) is 12.5. The van der Waals surface area contributed by atoms with Crippen molar-refractivity contribution in [2.75, 3.05) is 5.32 Å². The van der Waals surface area contributed by atoms with Crippen LogP contribution in [-0.2, 0) is 0 Å². The molecular weight excluding hydrogens is 343 g/mol. The van der Waals surface area contributed by atoms with E-state index in [2.05, 4.69) is 10.6 Å². The number of hydrogen-bond acceptors (Lipinski definition) is 2. The molecule has 0 bridgehead atoms. The number of anilines is 1. The van der Waals surface area contributed by atoms with Crippen LogP contribution >= 0.6 is 34.8 Å². The van der Waals surface area contributed by atoms with Gasteiger partial charge in [0.05, 0.1) is 0 Å². The first kappa shape index (κ1) is 16.9. The van der Waals surface area contributed by atoms with Crippen molar-refractivity contribution in [3.05, 3.63) is 65.7 Å². The summed E-state index contributed by atoms with van der Waals surface area (Å²) in [5.74, 6) is -0.316. The molecule has 0 fully saturated rings. The smallest absolute Gasteiger partial charge is 0.252 e. The van der Waals surface area contributed by atoms with Crippen LogP contribution in [0.4, 0.5) is 5.69 Å². The van der Waals surface area contributed by atoms with Crippen LogP contribution in [0.1, 0.15) is 15.9 Å². The van der Waals surface area contributed by atoms with Crippen LogP contribution < -0.4 is 10.6 Å². The zero-order valence-electron chi connectivity index (χ0n) is 11.8. The minimum Gasteiger partial charge on any atom is -0.362 e. The largest absolute Gasteiger partial charge is 0.362 e. The molecule has 2 rings (SSSR count). The molecule has 0 saturated heterocycles. The molecule has 22 heavy (non-hydrogen) atoms. The average Bonchev–Trinajstić information content (AvgIpc) is 2.46. The summed E-state index contributed by atoms with van der Waals surface area (Å²) < 4.78 is -1.70. The highest BCUT2D eigenvalue weighted by Gasteiger charge is 2.34. The number of carbonyl (C=O) groups is 1. The van der Waals surface area contributed by atoms with Crippen LogP contribution in [0.5, 0.6) is 0 Å². The van der Waals surface area contributed by atoms with Crippen LogP contribution in [-0.4, -0.2) is 15.9 Å². The molecule has 0 heterocycles. The lowest BCUT2D eigenvalue weighted by Crippen LogP contribution is -2.49. The summed E-state index contributed by atoms with van der Waals surface area (Å²) in [7, 11) is 0. The molecule has 0 unspecified atom stereocenters. The Balaban J connectivity index is 2.15. The van der Waals surface area contributed by atoms with Gasteiger partial charge in [-0.05, 0) is 31.2 Å². The Morgan fingerprint density at radius 2 is 1.73 bits per heavy atom. The van der Waals surface area contributed by atoms with Gasteiger partial charge in [-0.2, -0.15) is 0 Å². The van der Waals surface area contributed by atoms with E-state index in [1.54, 1.807) is 18.2 Å². The van der Waals surface area contributed by atoms with Crippen molar-refractivity contribution in [1.29, 1.82) is 0 Å². The molecule has 0 aliphatic carbocycles. The van der Waals surface area contributed by atoms with E-state index in [-0.39, 0.29) is 5.91 Å². The second-order valence-corrected chi connectivity index (χ2v) is 7.20. The van der Waals surface area contributed by atoms with Crippen molar-refractivity contribution in [3.8, 4) is 0 Å². The summed E-state index contributed by atoms with van der Waals surface area (Å²) in [4.78, 5) is 12.3. The third kappa shape index (κ3) is 4.80. The summed E-state index contributed by atoms with van der Waals surface area (Å²) in [5, 5.41) is 5.71. The van der Waals surface area contributed by atoms with Gasteiger partial charge in [-0.1, -0.05) is 70.7 Å². The van der Waals surface area contributed by atoms with Gasteiger partial charge in [-0.15, -0.1) is 0 Å². The number of aryl methyl sites for hydroxylation is 1. The monoisotopic (exact) mass is 356 g/mol. The van der Waals surface area contributed by atoms with Crippen LogP contribution in [0.3, 0.4) is 0 Å². The highest BCUT2D eigenvalue weighted by atomic mass is 35.6. The van der Waals surface area contributed by atoms with E-state index in [9.17, 15) is 4.79 Å². The van der Waals surface area contributed by atoms with Crippen LogP contribution in [0.2, 0.25) is 0 Å². The Morgan fingerprint density at radius 3 is 2.32 bits per heavy atom. The van der Waals surface area contributed by atoms with Crippen molar-refractivity contribution in [2.24, 2.45) is 0 Å². The minimum absolute atomic E-state index is 0.316. The number of amides is 1. The first-order valence-electron chi connectivity index (χ1n) is 6.62. The Hall–Kier alpha value is -1.42. The van der Waals surface area contributed by atoms with E-state index < -0.39 is 9.96 Å². The third-order valence-corrected chi connectivity index (χ3v) is 3.62. The minimum atomic E-state index is -1.70.